The molecular weight excluding hydrogens is 466 g/mol. The fourth-order valence-electron chi connectivity index (χ4n) is 4.33. The van der Waals surface area contributed by atoms with Crippen molar-refractivity contribution in [2.45, 2.75) is 12.8 Å². The minimum Gasteiger partial charge on any atom is -0.454 e. The second-order valence-corrected chi connectivity index (χ2v) is 8.55. The Labute approximate surface area is 206 Å². The molecule has 3 aromatic rings. The molecule has 0 saturated carbocycles. The number of fused-ring (bicyclic) bond motifs is 1. The number of pyridine rings is 1. The van der Waals surface area contributed by atoms with E-state index in [1.165, 1.54) is 5.01 Å². The fourth-order valence-corrected chi connectivity index (χ4v) is 4.33. The summed E-state index contributed by atoms with van der Waals surface area (Å²) in [5, 5.41) is 9.64. The van der Waals surface area contributed by atoms with Gasteiger partial charge in [-0.05, 0) is 30.3 Å². The number of anilines is 1. The molecule has 184 valence electrons. The van der Waals surface area contributed by atoms with Crippen LogP contribution in [0.3, 0.4) is 0 Å². The van der Waals surface area contributed by atoms with Crippen molar-refractivity contribution in [3.63, 3.8) is 0 Å². The van der Waals surface area contributed by atoms with Crippen LogP contribution in [0.4, 0.5) is 5.82 Å². The molecule has 3 aliphatic rings. The van der Waals surface area contributed by atoms with Crippen LogP contribution in [0.1, 0.15) is 18.7 Å². The number of hydrazone groups is 1. The van der Waals surface area contributed by atoms with Gasteiger partial charge in [0.05, 0.1) is 0 Å². The van der Waals surface area contributed by atoms with Gasteiger partial charge >= 0.3 is 0 Å². The highest BCUT2D eigenvalue weighted by molar-refractivity contribution is 6.01. The molecule has 1 aromatic carbocycles. The lowest BCUT2D eigenvalue weighted by Crippen LogP contribution is -2.51. The Hall–Kier alpha value is -4.48. The van der Waals surface area contributed by atoms with E-state index >= 15 is 0 Å². The molecule has 0 radical (unpaired) electrons. The second kappa shape index (κ2) is 9.29. The number of carbonyl (C=O) groups excluding carboxylic acids is 2. The van der Waals surface area contributed by atoms with E-state index in [-0.39, 0.29) is 37.5 Å². The van der Waals surface area contributed by atoms with Crippen molar-refractivity contribution in [3.05, 3.63) is 48.5 Å². The molecule has 1 saturated heterocycles. The monoisotopic (exact) mass is 489 g/mol. The summed E-state index contributed by atoms with van der Waals surface area (Å²) in [6, 6.07) is 11.2. The van der Waals surface area contributed by atoms with Gasteiger partial charge in [-0.1, -0.05) is 11.2 Å². The van der Waals surface area contributed by atoms with Crippen LogP contribution in [-0.4, -0.2) is 82.1 Å². The van der Waals surface area contributed by atoms with Gasteiger partial charge in [0, 0.05) is 50.8 Å². The van der Waals surface area contributed by atoms with E-state index in [4.69, 9.17) is 14.0 Å². The molecule has 1 fully saturated rings. The highest BCUT2D eigenvalue weighted by atomic mass is 16.7. The maximum absolute atomic E-state index is 12.9. The Balaban J connectivity index is 1.11. The molecule has 0 aliphatic carbocycles. The third kappa shape index (κ3) is 4.32. The Morgan fingerprint density at radius 2 is 1.86 bits per heavy atom. The lowest BCUT2D eigenvalue weighted by atomic mass is 10.1. The van der Waals surface area contributed by atoms with E-state index < -0.39 is 0 Å². The maximum atomic E-state index is 12.9. The molecule has 6 rings (SSSR count). The van der Waals surface area contributed by atoms with Crippen molar-refractivity contribution in [1.29, 1.82) is 0 Å². The quantitative estimate of drug-likeness (QED) is 0.524. The predicted molar refractivity (Wildman–Crippen MR) is 126 cm³/mol. The molecule has 5 heterocycles. The third-order valence-electron chi connectivity index (χ3n) is 6.30. The average molecular weight is 489 g/mol. The summed E-state index contributed by atoms with van der Waals surface area (Å²) < 4.78 is 16.2. The largest absolute Gasteiger partial charge is 0.454 e. The number of carbonyl (C=O) groups is 2. The van der Waals surface area contributed by atoms with E-state index in [0.29, 0.717) is 61.2 Å². The second-order valence-electron chi connectivity index (χ2n) is 8.55. The van der Waals surface area contributed by atoms with Gasteiger partial charge < -0.3 is 23.8 Å². The number of nitrogens with zero attached hydrogens (tertiary/aromatic N) is 7. The van der Waals surface area contributed by atoms with Crippen molar-refractivity contribution < 1.29 is 23.6 Å². The number of hydrogen-bond donors (Lipinski definition) is 0. The minimum atomic E-state index is -0.213. The van der Waals surface area contributed by atoms with E-state index in [1.54, 1.807) is 23.2 Å². The third-order valence-corrected chi connectivity index (χ3v) is 6.30. The molecule has 0 N–H and O–H groups in total. The molecule has 36 heavy (non-hydrogen) atoms. The van der Waals surface area contributed by atoms with Crippen LogP contribution in [0.5, 0.6) is 11.5 Å². The zero-order valence-electron chi connectivity index (χ0n) is 19.4. The first-order chi connectivity index (χ1) is 17.6. The first-order valence-corrected chi connectivity index (χ1v) is 11.7. The Kier molecular flexibility index (Phi) is 5.68. The Morgan fingerprint density at radius 1 is 1.00 bits per heavy atom. The fraction of sp³-hybridized carbons (Fsp3) is 0.333. The summed E-state index contributed by atoms with van der Waals surface area (Å²) in [5.41, 5.74) is 1.18. The number of rotatable bonds is 5. The van der Waals surface area contributed by atoms with Crippen molar-refractivity contribution in [3.8, 4) is 22.9 Å². The van der Waals surface area contributed by atoms with Gasteiger partial charge in [-0.3, -0.25) is 9.59 Å². The van der Waals surface area contributed by atoms with Crippen LogP contribution in [0.25, 0.3) is 11.4 Å². The standard InChI is InChI=1S/C24H23N7O5/c32-21-7-5-17(24-26-23(28-36-24)16-4-6-18-19(13-16)35-15-34-18)27-31(21)14-22(33)30-11-9-29(10-12-30)20-3-1-2-8-25-20/h1-4,6,8,13H,5,7,9-12,14-15H2. The number of amides is 2. The van der Waals surface area contributed by atoms with E-state index in [1.807, 2.05) is 24.3 Å². The van der Waals surface area contributed by atoms with E-state index in [9.17, 15) is 9.59 Å². The first-order valence-electron chi connectivity index (χ1n) is 11.7. The summed E-state index contributed by atoms with van der Waals surface area (Å²) in [6.45, 7) is 2.50. The lowest BCUT2D eigenvalue weighted by Gasteiger charge is -2.36. The van der Waals surface area contributed by atoms with Crippen molar-refractivity contribution >= 4 is 23.3 Å². The average Bonchev–Trinajstić information content (AvgIpc) is 3.60. The molecule has 0 atom stereocenters. The van der Waals surface area contributed by atoms with Gasteiger partial charge in [0.2, 0.25) is 24.4 Å². The number of benzene rings is 1. The summed E-state index contributed by atoms with van der Waals surface area (Å²) >= 11 is 0. The van der Waals surface area contributed by atoms with Crippen LogP contribution >= 0.6 is 0 Å². The minimum absolute atomic E-state index is 0.130. The van der Waals surface area contributed by atoms with Gasteiger partial charge in [-0.15, -0.1) is 0 Å². The number of hydrogen-bond acceptors (Lipinski definition) is 10. The SMILES string of the molecule is O=C(CN1N=C(c2nc(-c3ccc4c(c3)OCO4)no2)CCC1=O)N1CCN(c2ccccn2)CC1. The Bertz CT molecular complexity index is 1320. The van der Waals surface area contributed by atoms with Gasteiger partial charge in [0.25, 0.3) is 5.89 Å². The van der Waals surface area contributed by atoms with Crippen molar-refractivity contribution in [1.82, 2.24) is 25.0 Å². The van der Waals surface area contributed by atoms with Gasteiger partial charge in [-0.25, -0.2) is 9.99 Å². The highest BCUT2D eigenvalue weighted by Crippen LogP contribution is 2.35. The first kappa shape index (κ1) is 22.0. The highest BCUT2D eigenvalue weighted by Gasteiger charge is 2.29. The van der Waals surface area contributed by atoms with E-state index in [2.05, 4.69) is 25.1 Å². The van der Waals surface area contributed by atoms with Crippen LogP contribution < -0.4 is 14.4 Å². The van der Waals surface area contributed by atoms with Crippen LogP contribution in [0, 0.1) is 0 Å². The number of piperazine rings is 1. The Morgan fingerprint density at radius 3 is 2.69 bits per heavy atom. The maximum Gasteiger partial charge on any atom is 0.274 e. The zero-order valence-corrected chi connectivity index (χ0v) is 19.4. The van der Waals surface area contributed by atoms with Crippen LogP contribution in [0.2, 0.25) is 0 Å². The van der Waals surface area contributed by atoms with E-state index in [0.717, 1.165) is 5.82 Å². The molecule has 0 bridgehead atoms. The molecular formula is C24H23N7O5. The van der Waals surface area contributed by atoms with Crippen LogP contribution in [0.15, 0.2) is 52.2 Å². The smallest absolute Gasteiger partial charge is 0.274 e. The lowest BCUT2D eigenvalue weighted by molar-refractivity contribution is -0.141. The predicted octanol–water partition coefficient (Wildman–Crippen LogP) is 1.54. The molecule has 2 amide bonds. The van der Waals surface area contributed by atoms with Gasteiger partial charge in [0.1, 0.15) is 18.1 Å². The summed E-state index contributed by atoms with van der Waals surface area (Å²) in [7, 11) is 0. The molecule has 3 aliphatic heterocycles. The molecule has 12 heteroatoms. The molecule has 0 spiro atoms. The normalized spacial score (nSPS) is 17.4. The van der Waals surface area contributed by atoms with Crippen LogP contribution in [-0.2, 0) is 9.59 Å². The van der Waals surface area contributed by atoms with Crippen molar-refractivity contribution in [2.24, 2.45) is 5.10 Å². The summed E-state index contributed by atoms with van der Waals surface area (Å²) in [6.07, 6.45) is 2.32. The number of aromatic nitrogens is 3. The molecule has 12 nitrogen and oxygen atoms in total. The zero-order chi connectivity index (χ0) is 24.5. The van der Waals surface area contributed by atoms with Gasteiger partial charge in [-0.2, -0.15) is 10.1 Å². The molecule has 0 unspecified atom stereocenters. The van der Waals surface area contributed by atoms with Crippen molar-refractivity contribution in [2.75, 3.05) is 44.4 Å². The summed E-state index contributed by atoms with van der Waals surface area (Å²) in [4.78, 5) is 38.1. The van der Waals surface area contributed by atoms with Gasteiger partial charge in [0.15, 0.2) is 11.5 Å². The molecule has 2 aromatic heterocycles. The summed E-state index contributed by atoms with van der Waals surface area (Å²) in [5.74, 6) is 2.40. The topological polar surface area (TPSA) is 126 Å². The number of ether oxygens (including phenoxy) is 2.